The summed E-state index contributed by atoms with van der Waals surface area (Å²) in [6.45, 7) is 8.90. The molecule has 24 heavy (non-hydrogen) atoms. The highest BCUT2D eigenvalue weighted by molar-refractivity contribution is 6.01. The molecule has 0 spiro atoms. The highest BCUT2D eigenvalue weighted by Gasteiger charge is 2.31. The highest BCUT2D eigenvalue weighted by Crippen LogP contribution is 2.33. The predicted octanol–water partition coefficient (Wildman–Crippen LogP) is 4.23. The molecule has 4 nitrogen and oxygen atoms in total. The van der Waals surface area contributed by atoms with Crippen LogP contribution in [0.15, 0.2) is 60.7 Å². The van der Waals surface area contributed by atoms with Crippen molar-refractivity contribution in [3.05, 3.63) is 71.8 Å². The molecule has 0 aliphatic carbocycles. The van der Waals surface area contributed by atoms with Gasteiger partial charge in [-0.25, -0.2) is 0 Å². The van der Waals surface area contributed by atoms with Crippen molar-refractivity contribution in [2.75, 3.05) is 18.5 Å². The number of nitrogens with zero attached hydrogens (tertiary/aromatic N) is 1. The van der Waals surface area contributed by atoms with Crippen LogP contribution in [0.25, 0.3) is 0 Å². The molecule has 0 aromatic heterocycles. The molecule has 0 bridgehead atoms. The summed E-state index contributed by atoms with van der Waals surface area (Å²) < 4.78 is 5.64. The number of carbonyl (C=O) groups is 1. The molecule has 1 aliphatic rings. The fourth-order valence-electron chi connectivity index (χ4n) is 2.83. The third kappa shape index (κ3) is 3.13. The van der Waals surface area contributed by atoms with E-state index in [1.807, 2.05) is 67.3 Å². The van der Waals surface area contributed by atoms with Crippen molar-refractivity contribution in [1.82, 2.24) is 4.90 Å². The predicted molar refractivity (Wildman–Crippen MR) is 96.3 cm³/mol. The fourth-order valence-corrected chi connectivity index (χ4v) is 2.83. The second kappa shape index (κ2) is 6.79. The molecule has 1 unspecified atom stereocenters. The van der Waals surface area contributed by atoms with Crippen molar-refractivity contribution >= 4 is 11.6 Å². The lowest BCUT2D eigenvalue weighted by atomic mass is 10.0. The lowest BCUT2D eigenvalue weighted by Gasteiger charge is -2.37. The summed E-state index contributed by atoms with van der Waals surface area (Å²) >= 11 is 0. The Morgan fingerprint density at radius 1 is 1.21 bits per heavy atom. The lowest BCUT2D eigenvalue weighted by molar-refractivity contribution is 0.0695. The Balaban J connectivity index is 1.85. The van der Waals surface area contributed by atoms with E-state index in [2.05, 4.69) is 11.9 Å². The molecule has 1 atom stereocenters. The van der Waals surface area contributed by atoms with E-state index in [1.54, 1.807) is 0 Å². The first-order valence-corrected chi connectivity index (χ1v) is 8.14. The van der Waals surface area contributed by atoms with Gasteiger partial charge in [0, 0.05) is 12.2 Å². The number of anilines is 1. The average Bonchev–Trinajstić information content (AvgIpc) is 2.60. The van der Waals surface area contributed by atoms with Gasteiger partial charge in [0.05, 0.1) is 5.56 Å². The van der Waals surface area contributed by atoms with E-state index < -0.39 is 0 Å². The summed E-state index contributed by atoms with van der Waals surface area (Å²) in [5.41, 5.74) is 3.60. The SMILES string of the molecule is C=C(C)COc1ccc(C2Nc3ccccc3C(=O)N2CC)cc1. The van der Waals surface area contributed by atoms with Crippen LogP contribution in [-0.2, 0) is 0 Å². The van der Waals surface area contributed by atoms with Crippen molar-refractivity contribution in [3.8, 4) is 5.75 Å². The van der Waals surface area contributed by atoms with Gasteiger partial charge in [0.15, 0.2) is 0 Å². The number of benzene rings is 2. The lowest BCUT2D eigenvalue weighted by Crippen LogP contribution is -2.42. The Kier molecular flexibility index (Phi) is 4.56. The maximum absolute atomic E-state index is 12.7. The Hall–Kier alpha value is -2.75. The summed E-state index contributed by atoms with van der Waals surface area (Å²) in [5.74, 6) is 0.854. The Morgan fingerprint density at radius 3 is 2.58 bits per heavy atom. The number of hydrogen-bond acceptors (Lipinski definition) is 3. The number of nitrogens with one attached hydrogen (secondary N) is 1. The van der Waals surface area contributed by atoms with Gasteiger partial charge in [-0.1, -0.05) is 30.8 Å². The Morgan fingerprint density at radius 2 is 1.92 bits per heavy atom. The minimum atomic E-state index is -0.174. The first kappa shape index (κ1) is 16.1. The van der Waals surface area contributed by atoms with Crippen molar-refractivity contribution < 1.29 is 9.53 Å². The van der Waals surface area contributed by atoms with Gasteiger partial charge in [0.2, 0.25) is 0 Å². The van der Waals surface area contributed by atoms with Gasteiger partial charge in [-0.2, -0.15) is 0 Å². The van der Waals surface area contributed by atoms with Crippen LogP contribution in [0, 0.1) is 0 Å². The molecule has 1 aliphatic heterocycles. The molecule has 3 rings (SSSR count). The van der Waals surface area contributed by atoms with E-state index in [0.29, 0.717) is 13.2 Å². The molecule has 0 saturated heterocycles. The number of para-hydroxylation sites is 1. The van der Waals surface area contributed by atoms with Crippen molar-refractivity contribution in [2.45, 2.75) is 20.0 Å². The zero-order valence-electron chi connectivity index (χ0n) is 14.1. The standard InChI is InChI=1S/C20H22N2O2/c1-4-22-19(21-18-8-6-5-7-17(18)20(22)23)15-9-11-16(12-10-15)24-13-14(2)3/h5-12,19,21H,2,4,13H2,1,3H3. The van der Waals surface area contributed by atoms with Crippen molar-refractivity contribution in [1.29, 1.82) is 0 Å². The monoisotopic (exact) mass is 322 g/mol. The molecule has 0 fully saturated rings. The van der Waals surface area contributed by atoms with Gasteiger partial charge in [0.25, 0.3) is 5.91 Å². The number of rotatable bonds is 5. The first-order chi connectivity index (χ1) is 11.6. The maximum atomic E-state index is 12.7. The molecule has 0 saturated carbocycles. The molecular weight excluding hydrogens is 300 g/mol. The van der Waals surface area contributed by atoms with Gasteiger partial charge < -0.3 is 15.0 Å². The van der Waals surface area contributed by atoms with E-state index in [4.69, 9.17) is 4.74 Å². The van der Waals surface area contributed by atoms with E-state index in [1.165, 1.54) is 0 Å². The zero-order chi connectivity index (χ0) is 17.1. The van der Waals surface area contributed by atoms with E-state index in [-0.39, 0.29) is 12.1 Å². The topological polar surface area (TPSA) is 41.6 Å². The molecule has 4 heteroatoms. The molecule has 2 aromatic carbocycles. The second-order valence-electron chi connectivity index (χ2n) is 6.00. The zero-order valence-corrected chi connectivity index (χ0v) is 14.1. The summed E-state index contributed by atoms with van der Waals surface area (Å²) in [6.07, 6.45) is -0.174. The van der Waals surface area contributed by atoms with E-state index >= 15 is 0 Å². The second-order valence-corrected chi connectivity index (χ2v) is 6.00. The van der Waals surface area contributed by atoms with Crippen molar-refractivity contribution in [2.24, 2.45) is 0 Å². The van der Waals surface area contributed by atoms with Gasteiger partial charge in [0.1, 0.15) is 18.5 Å². The van der Waals surface area contributed by atoms with Crippen molar-refractivity contribution in [3.63, 3.8) is 0 Å². The number of ether oxygens (including phenoxy) is 1. The van der Waals surface area contributed by atoms with Crippen LogP contribution in [0.4, 0.5) is 5.69 Å². The van der Waals surface area contributed by atoms with Crippen LogP contribution in [0.5, 0.6) is 5.75 Å². The van der Waals surface area contributed by atoms with Crippen LogP contribution >= 0.6 is 0 Å². The summed E-state index contributed by atoms with van der Waals surface area (Å²) in [4.78, 5) is 14.6. The fraction of sp³-hybridized carbons (Fsp3) is 0.250. The van der Waals surface area contributed by atoms with Crippen LogP contribution in [-0.4, -0.2) is 24.0 Å². The average molecular weight is 322 g/mol. The van der Waals surface area contributed by atoms with Crippen LogP contribution in [0.1, 0.15) is 35.9 Å². The van der Waals surface area contributed by atoms with Crippen LogP contribution in [0.3, 0.4) is 0 Å². The van der Waals surface area contributed by atoms with Crippen LogP contribution < -0.4 is 10.1 Å². The number of carbonyl (C=O) groups excluding carboxylic acids is 1. The summed E-state index contributed by atoms with van der Waals surface area (Å²) in [5, 5.41) is 3.46. The number of hydrogen-bond donors (Lipinski definition) is 1. The molecule has 124 valence electrons. The Labute approximate surface area is 142 Å². The maximum Gasteiger partial charge on any atom is 0.257 e. The van der Waals surface area contributed by atoms with E-state index in [9.17, 15) is 4.79 Å². The minimum absolute atomic E-state index is 0.0551. The third-order valence-electron chi connectivity index (χ3n) is 4.04. The van der Waals surface area contributed by atoms with Gasteiger partial charge >= 0.3 is 0 Å². The number of fused-ring (bicyclic) bond motifs is 1. The molecular formula is C20H22N2O2. The van der Waals surface area contributed by atoms with Gasteiger partial charge in [-0.3, -0.25) is 4.79 Å². The van der Waals surface area contributed by atoms with Gasteiger partial charge in [-0.15, -0.1) is 0 Å². The minimum Gasteiger partial charge on any atom is -0.489 e. The third-order valence-corrected chi connectivity index (χ3v) is 4.04. The normalized spacial score (nSPS) is 16.3. The van der Waals surface area contributed by atoms with E-state index in [0.717, 1.165) is 28.1 Å². The quantitative estimate of drug-likeness (QED) is 0.838. The number of amides is 1. The van der Waals surface area contributed by atoms with Crippen LogP contribution in [0.2, 0.25) is 0 Å². The largest absolute Gasteiger partial charge is 0.489 e. The summed E-state index contributed by atoms with van der Waals surface area (Å²) in [7, 11) is 0. The molecule has 1 amide bonds. The smallest absolute Gasteiger partial charge is 0.257 e. The molecule has 1 N–H and O–H groups in total. The Bertz CT molecular complexity index is 752. The first-order valence-electron chi connectivity index (χ1n) is 8.14. The molecule has 0 radical (unpaired) electrons. The summed E-state index contributed by atoms with van der Waals surface area (Å²) in [6, 6.07) is 15.5. The highest BCUT2D eigenvalue weighted by atomic mass is 16.5. The molecule has 1 heterocycles. The molecule has 2 aromatic rings. The van der Waals surface area contributed by atoms with Gasteiger partial charge in [-0.05, 0) is 49.2 Å².